The van der Waals surface area contributed by atoms with Crippen LogP contribution in [0.25, 0.3) is 0 Å². The number of carbonyl (C=O) groups is 3. The lowest BCUT2D eigenvalue weighted by Crippen LogP contribution is -2.45. The maximum Gasteiger partial charge on any atom is 0.330 e. The third-order valence-corrected chi connectivity index (χ3v) is 2.97. The first-order valence-corrected chi connectivity index (χ1v) is 6.78. The van der Waals surface area contributed by atoms with Crippen LogP contribution in [0.3, 0.4) is 0 Å². The molecular weight excluding hydrogens is 288 g/mol. The molecule has 0 unspecified atom stereocenters. The van der Waals surface area contributed by atoms with Crippen molar-refractivity contribution < 1.29 is 24.2 Å². The zero-order chi connectivity index (χ0) is 16.5. The summed E-state index contributed by atoms with van der Waals surface area (Å²) in [6, 6.07) is 7.37. The first-order valence-electron chi connectivity index (χ1n) is 6.78. The number of aliphatic hydroxyl groups excluding tert-OH is 1. The second kappa shape index (κ2) is 8.78. The molecule has 3 N–H and O–H groups in total. The third kappa shape index (κ3) is 5.53. The monoisotopic (exact) mass is 308 g/mol. The van der Waals surface area contributed by atoms with Crippen LogP contribution in [0.1, 0.15) is 24.9 Å². The second-order valence-corrected chi connectivity index (χ2v) is 4.69. The Kier molecular flexibility index (Phi) is 7.04. The molecule has 1 rings (SSSR count). The van der Waals surface area contributed by atoms with E-state index < -0.39 is 30.6 Å². The molecule has 0 aliphatic heterocycles. The van der Waals surface area contributed by atoms with Crippen LogP contribution in [0, 0.1) is 0 Å². The Morgan fingerprint density at radius 1 is 1.18 bits per heavy atom. The molecule has 7 nitrogen and oxygen atoms in total. The van der Waals surface area contributed by atoms with Gasteiger partial charge in [-0.1, -0.05) is 30.3 Å². The van der Waals surface area contributed by atoms with E-state index in [1.165, 1.54) is 14.0 Å². The summed E-state index contributed by atoms with van der Waals surface area (Å²) in [6.45, 7) is 0.799. The molecule has 2 atom stereocenters. The zero-order valence-corrected chi connectivity index (χ0v) is 12.5. The van der Waals surface area contributed by atoms with Crippen molar-refractivity contribution in [2.45, 2.75) is 25.4 Å². The van der Waals surface area contributed by atoms with E-state index in [9.17, 15) is 14.4 Å². The van der Waals surface area contributed by atoms with Gasteiger partial charge < -0.3 is 20.5 Å². The molecule has 0 bridgehead atoms. The molecule has 0 heterocycles. The molecule has 0 aromatic heterocycles. The van der Waals surface area contributed by atoms with E-state index in [1.54, 1.807) is 24.3 Å². The minimum absolute atomic E-state index is 0.0584. The highest BCUT2D eigenvalue weighted by atomic mass is 16.5. The summed E-state index contributed by atoms with van der Waals surface area (Å²) in [5.41, 5.74) is 0.770. The fourth-order valence-corrected chi connectivity index (χ4v) is 1.94. The van der Waals surface area contributed by atoms with E-state index >= 15 is 0 Å². The zero-order valence-electron chi connectivity index (χ0n) is 12.5. The molecule has 0 aliphatic rings. The maximum absolute atomic E-state index is 12.0. The summed E-state index contributed by atoms with van der Waals surface area (Å²) >= 11 is 0. The van der Waals surface area contributed by atoms with Gasteiger partial charge in [0.15, 0.2) is 6.04 Å². The van der Waals surface area contributed by atoms with Gasteiger partial charge >= 0.3 is 5.97 Å². The molecule has 0 fully saturated rings. The Balaban J connectivity index is 2.75. The highest BCUT2D eigenvalue weighted by Gasteiger charge is 2.23. The number of carbonyl (C=O) groups excluding carboxylic acids is 3. The standard InChI is InChI=1S/C15H20N2O5/c1-10(19)16-12(11-6-4-3-5-7-11)8-14(20)17-13(9-18)15(21)22-2/h3-7,12-13,18H,8-9H2,1-2H3,(H,16,19)(H,17,20)/t12-,13+/m1/s1. The van der Waals surface area contributed by atoms with Crippen LogP contribution in [0.4, 0.5) is 0 Å². The number of rotatable bonds is 7. The molecular formula is C15H20N2O5. The number of ether oxygens (including phenoxy) is 1. The lowest BCUT2D eigenvalue weighted by molar-refractivity contribution is -0.146. The van der Waals surface area contributed by atoms with E-state index in [1.807, 2.05) is 6.07 Å². The summed E-state index contributed by atoms with van der Waals surface area (Å²) in [6.07, 6.45) is -0.0584. The van der Waals surface area contributed by atoms with Crippen molar-refractivity contribution in [3.05, 3.63) is 35.9 Å². The lowest BCUT2D eigenvalue weighted by Gasteiger charge is -2.20. The number of amides is 2. The molecule has 120 valence electrons. The Morgan fingerprint density at radius 3 is 2.32 bits per heavy atom. The Morgan fingerprint density at radius 2 is 1.82 bits per heavy atom. The van der Waals surface area contributed by atoms with E-state index in [0.717, 1.165) is 5.56 Å². The van der Waals surface area contributed by atoms with E-state index in [4.69, 9.17) is 5.11 Å². The first-order chi connectivity index (χ1) is 10.5. The van der Waals surface area contributed by atoms with Gasteiger partial charge in [0.25, 0.3) is 0 Å². The predicted octanol–water partition coefficient (Wildman–Crippen LogP) is -0.0960. The fraction of sp³-hybridized carbons (Fsp3) is 0.400. The predicted molar refractivity (Wildman–Crippen MR) is 78.6 cm³/mol. The highest BCUT2D eigenvalue weighted by Crippen LogP contribution is 2.16. The molecule has 0 aliphatic carbocycles. The molecule has 0 radical (unpaired) electrons. The van der Waals surface area contributed by atoms with Gasteiger partial charge in [0.2, 0.25) is 11.8 Å². The van der Waals surface area contributed by atoms with Crippen molar-refractivity contribution in [2.75, 3.05) is 13.7 Å². The Bertz CT molecular complexity index is 518. The minimum atomic E-state index is -1.12. The number of methoxy groups -OCH3 is 1. The topological polar surface area (TPSA) is 105 Å². The number of aliphatic hydroxyl groups is 1. The summed E-state index contributed by atoms with van der Waals surface area (Å²) in [4.78, 5) is 34.6. The molecule has 0 saturated heterocycles. The van der Waals surface area contributed by atoms with Gasteiger partial charge in [-0.05, 0) is 5.56 Å². The summed E-state index contributed by atoms with van der Waals surface area (Å²) in [5.74, 6) is -1.48. The number of esters is 1. The highest BCUT2D eigenvalue weighted by molar-refractivity contribution is 5.85. The van der Waals surface area contributed by atoms with Crippen LogP contribution < -0.4 is 10.6 Å². The Labute approximate surface area is 128 Å². The summed E-state index contributed by atoms with van der Waals surface area (Å²) in [5, 5.41) is 14.1. The Hall–Kier alpha value is -2.41. The van der Waals surface area contributed by atoms with Crippen LogP contribution in [-0.2, 0) is 19.1 Å². The van der Waals surface area contributed by atoms with Crippen LogP contribution >= 0.6 is 0 Å². The van der Waals surface area contributed by atoms with Crippen LogP contribution in [0.15, 0.2) is 30.3 Å². The lowest BCUT2D eigenvalue weighted by atomic mass is 10.0. The molecule has 0 saturated carbocycles. The normalized spacial score (nSPS) is 12.9. The van der Waals surface area contributed by atoms with E-state index in [-0.39, 0.29) is 12.3 Å². The second-order valence-electron chi connectivity index (χ2n) is 4.69. The van der Waals surface area contributed by atoms with E-state index in [2.05, 4.69) is 15.4 Å². The molecule has 2 amide bonds. The number of hydrogen-bond donors (Lipinski definition) is 3. The number of nitrogens with one attached hydrogen (secondary N) is 2. The average molecular weight is 308 g/mol. The van der Waals surface area contributed by atoms with Crippen LogP contribution in [-0.4, -0.2) is 42.6 Å². The largest absolute Gasteiger partial charge is 0.467 e. The first kappa shape index (κ1) is 17.6. The quantitative estimate of drug-likeness (QED) is 0.610. The number of hydrogen-bond acceptors (Lipinski definition) is 5. The van der Waals surface area contributed by atoms with Gasteiger partial charge in [0, 0.05) is 6.92 Å². The average Bonchev–Trinajstić information content (AvgIpc) is 2.51. The number of benzene rings is 1. The molecule has 7 heteroatoms. The van der Waals surface area contributed by atoms with Crippen molar-refractivity contribution in [1.29, 1.82) is 0 Å². The van der Waals surface area contributed by atoms with Crippen LogP contribution in [0.2, 0.25) is 0 Å². The maximum atomic E-state index is 12.0. The van der Waals surface area contributed by atoms with Crippen molar-refractivity contribution >= 4 is 17.8 Å². The van der Waals surface area contributed by atoms with Crippen molar-refractivity contribution in [3.8, 4) is 0 Å². The van der Waals surface area contributed by atoms with Gasteiger partial charge in [0.05, 0.1) is 26.2 Å². The molecule has 22 heavy (non-hydrogen) atoms. The fourth-order valence-electron chi connectivity index (χ4n) is 1.94. The summed E-state index contributed by atoms with van der Waals surface area (Å²) < 4.78 is 4.47. The van der Waals surface area contributed by atoms with Gasteiger partial charge in [0.1, 0.15) is 0 Å². The van der Waals surface area contributed by atoms with Crippen molar-refractivity contribution in [1.82, 2.24) is 10.6 Å². The van der Waals surface area contributed by atoms with Gasteiger partial charge in [-0.15, -0.1) is 0 Å². The molecule has 1 aromatic carbocycles. The van der Waals surface area contributed by atoms with Gasteiger partial charge in [-0.3, -0.25) is 9.59 Å². The van der Waals surface area contributed by atoms with Crippen molar-refractivity contribution in [3.63, 3.8) is 0 Å². The van der Waals surface area contributed by atoms with Gasteiger partial charge in [-0.2, -0.15) is 0 Å². The third-order valence-electron chi connectivity index (χ3n) is 2.97. The summed E-state index contributed by atoms with van der Waals surface area (Å²) in [7, 11) is 1.17. The van der Waals surface area contributed by atoms with Gasteiger partial charge in [-0.25, -0.2) is 4.79 Å². The van der Waals surface area contributed by atoms with Crippen LogP contribution in [0.5, 0.6) is 0 Å². The SMILES string of the molecule is COC(=O)[C@H](CO)NC(=O)C[C@@H](NC(C)=O)c1ccccc1. The smallest absolute Gasteiger partial charge is 0.330 e. The van der Waals surface area contributed by atoms with E-state index in [0.29, 0.717) is 0 Å². The minimum Gasteiger partial charge on any atom is -0.467 e. The molecule has 1 aromatic rings. The van der Waals surface area contributed by atoms with Crippen molar-refractivity contribution in [2.24, 2.45) is 0 Å². The molecule has 0 spiro atoms.